The Morgan fingerprint density at radius 1 is 1.17 bits per heavy atom. The van der Waals surface area contributed by atoms with Crippen molar-refractivity contribution < 1.29 is 22.4 Å². The van der Waals surface area contributed by atoms with Gasteiger partial charge in [-0.15, -0.1) is 0 Å². The van der Waals surface area contributed by atoms with Gasteiger partial charge < -0.3 is 14.6 Å². The van der Waals surface area contributed by atoms with E-state index in [0.29, 0.717) is 18.7 Å². The maximum absolute atomic E-state index is 12.9. The molecule has 162 valence electrons. The predicted molar refractivity (Wildman–Crippen MR) is 113 cm³/mol. The molecule has 1 atom stereocenters. The third kappa shape index (κ3) is 4.57. The first kappa shape index (κ1) is 22.0. The second-order valence-electron chi connectivity index (χ2n) is 7.62. The van der Waals surface area contributed by atoms with Gasteiger partial charge in [0.05, 0.1) is 11.2 Å². The van der Waals surface area contributed by atoms with E-state index in [1.165, 1.54) is 34.6 Å². The fraction of sp³-hybridized carbons (Fsp3) is 0.429. The van der Waals surface area contributed by atoms with Crippen LogP contribution >= 0.6 is 0 Å². The number of carbonyl (C=O) groups is 2. The lowest BCUT2D eigenvalue weighted by Crippen LogP contribution is -2.49. The second kappa shape index (κ2) is 9.01. The molecular formula is C21H27N3O5S. The van der Waals surface area contributed by atoms with E-state index >= 15 is 0 Å². The highest BCUT2D eigenvalue weighted by atomic mass is 32.2. The van der Waals surface area contributed by atoms with E-state index in [9.17, 15) is 18.0 Å². The molecule has 1 saturated heterocycles. The van der Waals surface area contributed by atoms with Crippen LogP contribution in [0.4, 0.5) is 5.69 Å². The highest BCUT2D eigenvalue weighted by Gasteiger charge is 2.33. The average Bonchev–Trinajstić information content (AvgIpc) is 3.28. The summed E-state index contributed by atoms with van der Waals surface area (Å²) in [6.07, 6.45) is 3.66. The Hall–Kier alpha value is -2.65. The second-order valence-corrected chi connectivity index (χ2v) is 9.61. The van der Waals surface area contributed by atoms with Gasteiger partial charge in [0.1, 0.15) is 6.04 Å². The van der Waals surface area contributed by atoms with E-state index in [-0.39, 0.29) is 28.5 Å². The number of carbonyl (C=O) groups excluding carboxylic acids is 2. The van der Waals surface area contributed by atoms with Crippen LogP contribution < -0.4 is 5.32 Å². The van der Waals surface area contributed by atoms with Gasteiger partial charge in [-0.1, -0.05) is 0 Å². The van der Waals surface area contributed by atoms with E-state index in [1.807, 2.05) is 0 Å². The highest BCUT2D eigenvalue weighted by molar-refractivity contribution is 7.89. The SMILES string of the molecule is CC(C)N(C)S(=O)(=O)c1ccc(NC(=O)C2CCCCN2C(=O)c2ccco2)cc1. The van der Waals surface area contributed by atoms with Crippen molar-refractivity contribution in [3.63, 3.8) is 0 Å². The molecule has 0 radical (unpaired) electrons. The molecule has 2 amide bonds. The van der Waals surface area contributed by atoms with Gasteiger partial charge in [-0.3, -0.25) is 9.59 Å². The number of rotatable bonds is 6. The van der Waals surface area contributed by atoms with Gasteiger partial charge in [-0.05, 0) is 69.5 Å². The summed E-state index contributed by atoms with van der Waals surface area (Å²) >= 11 is 0. The molecule has 2 heterocycles. The van der Waals surface area contributed by atoms with E-state index in [1.54, 1.807) is 38.1 Å². The summed E-state index contributed by atoms with van der Waals surface area (Å²) in [6.45, 7) is 4.08. The van der Waals surface area contributed by atoms with Gasteiger partial charge in [0.15, 0.2) is 5.76 Å². The maximum Gasteiger partial charge on any atom is 0.290 e. The molecule has 1 N–H and O–H groups in total. The predicted octanol–water partition coefficient (Wildman–Crippen LogP) is 2.94. The molecule has 0 spiro atoms. The molecule has 9 heteroatoms. The molecule has 0 bridgehead atoms. The Bertz CT molecular complexity index is 984. The Kier molecular flexibility index (Phi) is 6.62. The molecule has 1 unspecified atom stereocenters. The number of amides is 2. The molecule has 0 saturated carbocycles. The molecule has 30 heavy (non-hydrogen) atoms. The number of nitrogens with zero attached hydrogens (tertiary/aromatic N) is 2. The molecule has 1 aliphatic rings. The number of hydrogen-bond donors (Lipinski definition) is 1. The molecule has 1 aromatic carbocycles. The van der Waals surface area contributed by atoms with E-state index in [2.05, 4.69) is 5.32 Å². The smallest absolute Gasteiger partial charge is 0.290 e. The van der Waals surface area contributed by atoms with Gasteiger partial charge in [0.2, 0.25) is 15.9 Å². The molecular weight excluding hydrogens is 406 g/mol. The summed E-state index contributed by atoms with van der Waals surface area (Å²) in [7, 11) is -2.06. The topological polar surface area (TPSA) is 99.9 Å². The number of nitrogens with one attached hydrogen (secondary N) is 1. The van der Waals surface area contributed by atoms with Gasteiger partial charge in [-0.2, -0.15) is 4.31 Å². The highest BCUT2D eigenvalue weighted by Crippen LogP contribution is 2.23. The summed E-state index contributed by atoms with van der Waals surface area (Å²) in [5.74, 6) is -0.402. The number of piperidine rings is 1. The number of benzene rings is 1. The molecule has 2 aromatic rings. The molecule has 1 aliphatic heterocycles. The van der Waals surface area contributed by atoms with Crippen LogP contribution in [0.3, 0.4) is 0 Å². The van der Waals surface area contributed by atoms with Crippen molar-refractivity contribution in [2.24, 2.45) is 0 Å². The number of anilines is 1. The normalized spacial score (nSPS) is 17.4. The van der Waals surface area contributed by atoms with Crippen LogP contribution in [-0.4, -0.2) is 55.1 Å². The van der Waals surface area contributed by atoms with Crippen molar-refractivity contribution >= 4 is 27.5 Å². The first-order chi connectivity index (χ1) is 14.2. The van der Waals surface area contributed by atoms with Crippen molar-refractivity contribution in [1.82, 2.24) is 9.21 Å². The third-order valence-corrected chi connectivity index (χ3v) is 7.37. The van der Waals surface area contributed by atoms with E-state index in [0.717, 1.165) is 12.8 Å². The fourth-order valence-corrected chi connectivity index (χ4v) is 4.74. The van der Waals surface area contributed by atoms with Crippen LogP contribution in [0.2, 0.25) is 0 Å². The first-order valence-electron chi connectivity index (χ1n) is 9.95. The van der Waals surface area contributed by atoms with Gasteiger partial charge >= 0.3 is 0 Å². The molecule has 1 fully saturated rings. The van der Waals surface area contributed by atoms with Crippen LogP contribution in [-0.2, 0) is 14.8 Å². The van der Waals surface area contributed by atoms with Crippen molar-refractivity contribution in [3.8, 4) is 0 Å². The Morgan fingerprint density at radius 2 is 1.87 bits per heavy atom. The van der Waals surface area contributed by atoms with Gasteiger partial charge in [0.25, 0.3) is 5.91 Å². The maximum atomic E-state index is 12.9. The molecule has 0 aliphatic carbocycles. The zero-order valence-corrected chi connectivity index (χ0v) is 18.2. The minimum absolute atomic E-state index is 0.156. The van der Waals surface area contributed by atoms with Crippen molar-refractivity contribution in [1.29, 1.82) is 0 Å². The summed E-state index contributed by atoms with van der Waals surface area (Å²) in [6, 6.07) is 8.50. The lowest BCUT2D eigenvalue weighted by Gasteiger charge is -2.34. The minimum Gasteiger partial charge on any atom is -0.459 e. The van der Waals surface area contributed by atoms with Crippen molar-refractivity contribution in [2.75, 3.05) is 18.9 Å². The number of sulfonamides is 1. The van der Waals surface area contributed by atoms with Crippen molar-refractivity contribution in [2.45, 2.75) is 50.1 Å². The van der Waals surface area contributed by atoms with Gasteiger partial charge in [-0.25, -0.2) is 8.42 Å². The minimum atomic E-state index is -3.59. The summed E-state index contributed by atoms with van der Waals surface area (Å²) in [4.78, 5) is 27.2. The zero-order valence-electron chi connectivity index (χ0n) is 17.4. The number of furan rings is 1. The summed E-state index contributed by atoms with van der Waals surface area (Å²) in [5, 5.41) is 2.80. The summed E-state index contributed by atoms with van der Waals surface area (Å²) in [5.41, 5.74) is 0.474. The summed E-state index contributed by atoms with van der Waals surface area (Å²) < 4.78 is 31.6. The standard InChI is InChI=1S/C21H27N3O5S/c1-15(2)23(3)30(27,28)17-11-9-16(10-12-17)22-20(25)18-7-4-5-13-24(18)21(26)19-8-6-14-29-19/h6,8-12,14-15,18H,4-5,7,13H2,1-3H3,(H,22,25). The third-order valence-electron chi connectivity index (χ3n) is 5.32. The number of likely N-dealkylation sites (tertiary alicyclic amines) is 1. The first-order valence-corrected chi connectivity index (χ1v) is 11.4. The average molecular weight is 434 g/mol. The molecule has 8 nitrogen and oxygen atoms in total. The van der Waals surface area contributed by atoms with Crippen molar-refractivity contribution in [3.05, 3.63) is 48.4 Å². The monoisotopic (exact) mass is 433 g/mol. The van der Waals surface area contributed by atoms with Crippen LogP contribution in [0.5, 0.6) is 0 Å². The Morgan fingerprint density at radius 3 is 2.47 bits per heavy atom. The Labute approximate surface area is 176 Å². The van der Waals surface area contributed by atoms with Crippen LogP contribution in [0.15, 0.2) is 52.0 Å². The lowest BCUT2D eigenvalue weighted by molar-refractivity contribution is -0.121. The van der Waals surface area contributed by atoms with Crippen LogP contribution in [0.25, 0.3) is 0 Å². The van der Waals surface area contributed by atoms with Crippen LogP contribution in [0, 0.1) is 0 Å². The van der Waals surface area contributed by atoms with E-state index < -0.39 is 16.1 Å². The quantitative estimate of drug-likeness (QED) is 0.755. The van der Waals surface area contributed by atoms with Crippen LogP contribution in [0.1, 0.15) is 43.7 Å². The van der Waals surface area contributed by atoms with E-state index in [4.69, 9.17) is 4.42 Å². The molecule has 3 rings (SSSR count). The Balaban J connectivity index is 1.72. The zero-order chi connectivity index (χ0) is 21.9. The fourth-order valence-electron chi connectivity index (χ4n) is 3.37. The van der Waals surface area contributed by atoms with Gasteiger partial charge in [0, 0.05) is 25.3 Å². The lowest BCUT2D eigenvalue weighted by atomic mass is 10.0. The molecule has 1 aromatic heterocycles. The largest absolute Gasteiger partial charge is 0.459 e. The number of hydrogen-bond acceptors (Lipinski definition) is 5.